The van der Waals surface area contributed by atoms with Gasteiger partial charge >= 0.3 is 4.05 Å². The molecule has 0 rings (SSSR count). The van der Waals surface area contributed by atoms with E-state index in [0.29, 0.717) is 0 Å². The monoisotopic (exact) mass is 172 g/mol. The van der Waals surface area contributed by atoms with Gasteiger partial charge in [-0.05, 0) is 34.8 Å². The fraction of sp³-hybridized carbons (Fsp3) is 1.00. The van der Waals surface area contributed by atoms with Crippen molar-refractivity contribution >= 4 is 47.2 Å². The molecule has 0 unspecified atom stereocenters. The molecule has 0 fully saturated rings. The van der Waals surface area contributed by atoms with Crippen molar-refractivity contribution in [1.29, 1.82) is 0 Å². The summed E-state index contributed by atoms with van der Waals surface area (Å²) in [5.41, 5.74) is 0. The zero-order valence-corrected chi connectivity index (χ0v) is 5.50. The second-order valence-electron chi connectivity index (χ2n) is 0.429. The van der Waals surface area contributed by atoms with E-state index in [1.165, 1.54) is 0 Å². The van der Waals surface area contributed by atoms with Gasteiger partial charge in [-0.25, -0.2) is 0 Å². The average molecular weight is 174 g/mol. The Morgan fingerprint density at radius 2 is 1.17 bits per heavy atom. The van der Waals surface area contributed by atoms with Gasteiger partial charge in [-0.3, -0.25) is 0 Å². The molecule has 0 radical (unpaired) electrons. The molecule has 0 N–H and O–H groups in total. The molecular formula is CHCl4F. The van der Waals surface area contributed by atoms with Crippen LogP contribution in [0.5, 0.6) is 0 Å². The van der Waals surface area contributed by atoms with Crippen LogP contribution in [0, 0.1) is 0 Å². The summed E-state index contributed by atoms with van der Waals surface area (Å²) in [6, 6.07) is 0. The molecule has 40 valence electrons. The highest BCUT2D eigenvalue weighted by molar-refractivity contribution is 6.66. The van der Waals surface area contributed by atoms with Gasteiger partial charge in [-0.1, -0.05) is 0 Å². The lowest BCUT2D eigenvalue weighted by molar-refractivity contribution is 0.507. The van der Waals surface area contributed by atoms with Gasteiger partial charge in [0.05, 0.1) is 0 Å². The standard InChI is InChI=1S/CCl3F.ClH/c2-1(3,4)5;/h;1H. The summed E-state index contributed by atoms with van der Waals surface area (Å²) >= 11 is 13.2. The van der Waals surface area contributed by atoms with Gasteiger partial charge in [-0.2, -0.15) is 4.39 Å². The summed E-state index contributed by atoms with van der Waals surface area (Å²) in [5.74, 6) is 0. The van der Waals surface area contributed by atoms with Crippen molar-refractivity contribution in [3.63, 3.8) is 0 Å². The van der Waals surface area contributed by atoms with E-state index < -0.39 is 4.05 Å². The Kier molecular flexibility index (Phi) is 5.31. The minimum atomic E-state index is -2.58. The lowest BCUT2D eigenvalue weighted by atomic mass is 11.7. The minimum absolute atomic E-state index is 0. The maximum absolute atomic E-state index is 11.0. The third kappa shape index (κ3) is 71.7. The van der Waals surface area contributed by atoms with E-state index in [1.807, 2.05) is 0 Å². The van der Waals surface area contributed by atoms with Gasteiger partial charge in [0, 0.05) is 0 Å². The summed E-state index contributed by atoms with van der Waals surface area (Å²) in [6.45, 7) is 0. The van der Waals surface area contributed by atoms with Gasteiger partial charge in [-0.15, -0.1) is 12.4 Å². The Labute approximate surface area is 56.0 Å². The predicted octanol–water partition coefficient (Wildman–Crippen LogP) is 2.71. The molecule has 0 aromatic rings. The lowest BCUT2D eigenvalue weighted by Gasteiger charge is -1.89. The van der Waals surface area contributed by atoms with Crippen LogP contribution < -0.4 is 0 Å². The van der Waals surface area contributed by atoms with Crippen molar-refractivity contribution < 1.29 is 4.39 Å². The topological polar surface area (TPSA) is 0 Å². The Morgan fingerprint density at radius 3 is 1.17 bits per heavy atom. The maximum atomic E-state index is 11.0. The van der Waals surface area contributed by atoms with Crippen molar-refractivity contribution in [2.24, 2.45) is 0 Å². The van der Waals surface area contributed by atoms with Crippen LogP contribution in [-0.2, 0) is 0 Å². The number of hydrogen-bond donors (Lipinski definition) is 0. The van der Waals surface area contributed by atoms with E-state index in [4.69, 9.17) is 0 Å². The maximum Gasteiger partial charge on any atom is 0.333 e. The highest BCUT2D eigenvalue weighted by Crippen LogP contribution is 2.26. The van der Waals surface area contributed by atoms with Crippen LogP contribution in [0.15, 0.2) is 0 Å². The predicted molar refractivity (Wildman–Crippen MR) is 28.6 cm³/mol. The summed E-state index contributed by atoms with van der Waals surface area (Å²) in [5, 5.41) is 0. The Bertz CT molecular complexity index is 23.0. The Morgan fingerprint density at radius 1 is 1.17 bits per heavy atom. The zero-order valence-electron chi connectivity index (χ0n) is 2.42. The number of alkyl halides is 4. The third-order valence-electron chi connectivity index (χ3n) is 0. The summed E-state index contributed by atoms with van der Waals surface area (Å²) in [6.07, 6.45) is 0. The largest absolute Gasteiger partial charge is 0.333 e. The van der Waals surface area contributed by atoms with Crippen molar-refractivity contribution in [3.8, 4) is 0 Å². The van der Waals surface area contributed by atoms with Crippen molar-refractivity contribution in [1.82, 2.24) is 0 Å². The van der Waals surface area contributed by atoms with Crippen LogP contribution in [0.1, 0.15) is 0 Å². The number of hydrogen-bond acceptors (Lipinski definition) is 0. The first kappa shape index (κ1) is 10.1. The Balaban J connectivity index is 0. The van der Waals surface area contributed by atoms with E-state index >= 15 is 0 Å². The zero-order chi connectivity index (χ0) is 4.50. The first-order valence-electron chi connectivity index (χ1n) is 0.756. The van der Waals surface area contributed by atoms with E-state index in [1.54, 1.807) is 0 Å². The van der Waals surface area contributed by atoms with Crippen LogP contribution in [0.3, 0.4) is 0 Å². The van der Waals surface area contributed by atoms with Gasteiger partial charge in [0.25, 0.3) is 0 Å². The SMILES string of the molecule is Cl.FC(Cl)(Cl)Cl. The first-order valence-corrected chi connectivity index (χ1v) is 1.89. The molecule has 5 heteroatoms. The highest BCUT2D eigenvalue weighted by atomic mass is 35.6. The Hall–Kier alpha value is 1.09. The van der Waals surface area contributed by atoms with Crippen LogP contribution in [0.2, 0.25) is 0 Å². The smallest absolute Gasteiger partial charge is 0.189 e. The molecule has 0 heterocycles. The van der Waals surface area contributed by atoms with Crippen LogP contribution in [0.25, 0.3) is 0 Å². The fourth-order valence-electron chi connectivity index (χ4n) is 0. The van der Waals surface area contributed by atoms with Gasteiger partial charge in [0.2, 0.25) is 0 Å². The number of rotatable bonds is 0. The molecule has 0 atom stereocenters. The molecule has 0 aliphatic rings. The molecule has 0 aliphatic carbocycles. The van der Waals surface area contributed by atoms with Crippen LogP contribution in [-0.4, -0.2) is 4.05 Å². The van der Waals surface area contributed by atoms with Crippen LogP contribution in [0.4, 0.5) is 4.39 Å². The summed E-state index contributed by atoms with van der Waals surface area (Å²) in [7, 11) is 0. The quantitative estimate of drug-likeness (QED) is 0.495. The molecule has 0 aliphatic heterocycles. The molecule has 0 saturated heterocycles. The van der Waals surface area contributed by atoms with Crippen molar-refractivity contribution in [2.75, 3.05) is 0 Å². The molecular weight excluding hydrogens is 173 g/mol. The van der Waals surface area contributed by atoms with Crippen LogP contribution >= 0.6 is 47.2 Å². The molecule has 0 saturated carbocycles. The molecule has 0 aromatic heterocycles. The lowest BCUT2D eigenvalue weighted by Crippen LogP contribution is -1.83. The van der Waals surface area contributed by atoms with Gasteiger partial charge < -0.3 is 0 Å². The van der Waals surface area contributed by atoms with E-state index in [0.717, 1.165) is 0 Å². The van der Waals surface area contributed by atoms with Gasteiger partial charge in [0.15, 0.2) is 0 Å². The van der Waals surface area contributed by atoms with E-state index in [9.17, 15) is 4.39 Å². The minimum Gasteiger partial charge on any atom is -0.189 e. The third-order valence-corrected chi connectivity index (χ3v) is 0. The second kappa shape index (κ2) is 3.14. The number of halogens is 5. The second-order valence-corrected chi connectivity index (χ2v) is 2.57. The molecule has 6 heavy (non-hydrogen) atoms. The average Bonchev–Trinajstić information content (AvgIpc) is 0.722. The highest BCUT2D eigenvalue weighted by Gasteiger charge is 2.14. The summed E-state index contributed by atoms with van der Waals surface area (Å²) in [4.78, 5) is 0. The molecule has 0 nitrogen and oxygen atoms in total. The first-order chi connectivity index (χ1) is 2.00. The summed E-state index contributed by atoms with van der Waals surface area (Å²) < 4.78 is 8.40. The normalized spacial score (nSPS) is 10.0. The van der Waals surface area contributed by atoms with Crippen molar-refractivity contribution in [2.45, 2.75) is 4.05 Å². The van der Waals surface area contributed by atoms with E-state index in [-0.39, 0.29) is 12.4 Å². The molecule has 0 amide bonds. The van der Waals surface area contributed by atoms with Gasteiger partial charge in [0.1, 0.15) is 0 Å². The fourth-order valence-corrected chi connectivity index (χ4v) is 0. The molecule has 0 aromatic carbocycles. The molecule has 0 bridgehead atoms. The van der Waals surface area contributed by atoms with E-state index in [2.05, 4.69) is 34.8 Å². The van der Waals surface area contributed by atoms with Crippen molar-refractivity contribution in [3.05, 3.63) is 0 Å². The molecule has 0 spiro atoms.